The molecule has 0 spiro atoms. The lowest BCUT2D eigenvalue weighted by Gasteiger charge is -2.53. The van der Waals surface area contributed by atoms with Crippen molar-refractivity contribution < 1.29 is 55.2 Å². The molecule has 1 heterocycles. The molecule has 0 aromatic heterocycles. The standard InChI is InChI=1S/C36H40F6N2O6/c1-24(26-17-28(35(37,38)39)19-29(18-26)36(40,41)42)49-23-34(27-13-9-6-10-14-27)16-15-33(22-45,43-30(46)50-32(2,3)4)21-44(34)31(47)48-20-25-11-7-5-8-12-25/h5-14,17-19,24,45H,15-16,20-23H2,1-4H3,(H,43,46)/t24-,33?,34+/m1/s1. The molecule has 3 aromatic carbocycles. The zero-order chi connectivity index (χ0) is 37.0. The number of nitrogens with zero attached hydrogens (tertiary/aromatic N) is 1. The van der Waals surface area contributed by atoms with Gasteiger partial charge in [0.1, 0.15) is 12.2 Å². The third-order valence-electron chi connectivity index (χ3n) is 8.45. The fourth-order valence-electron chi connectivity index (χ4n) is 5.80. The summed E-state index contributed by atoms with van der Waals surface area (Å²) in [6, 6.07) is 18.5. The van der Waals surface area contributed by atoms with E-state index in [9.17, 15) is 41.0 Å². The second kappa shape index (κ2) is 14.9. The second-order valence-corrected chi connectivity index (χ2v) is 13.4. The van der Waals surface area contributed by atoms with E-state index in [0.717, 1.165) is 0 Å². The van der Waals surface area contributed by atoms with Gasteiger partial charge >= 0.3 is 24.5 Å². The normalized spacial score (nSPS) is 20.6. The number of amides is 2. The minimum absolute atomic E-state index is 0.0247. The number of carbonyl (C=O) groups excluding carboxylic acids is 2. The summed E-state index contributed by atoms with van der Waals surface area (Å²) in [5.41, 5.74) is -5.86. The van der Waals surface area contributed by atoms with Crippen molar-refractivity contribution in [3.63, 3.8) is 0 Å². The van der Waals surface area contributed by atoms with Gasteiger partial charge in [-0.15, -0.1) is 0 Å². The molecule has 0 saturated carbocycles. The van der Waals surface area contributed by atoms with Crippen LogP contribution in [0, 0.1) is 0 Å². The SMILES string of the molecule is C[C@@H](OC[C@]1(c2ccccc2)CCC(CO)(NC(=O)OC(C)(C)C)CN1C(=O)OCc1ccccc1)c1cc(C(F)(F)F)cc(C(F)(F)F)c1. The van der Waals surface area contributed by atoms with Crippen molar-refractivity contribution in [1.82, 2.24) is 10.2 Å². The van der Waals surface area contributed by atoms with Crippen LogP contribution in [0.3, 0.4) is 0 Å². The largest absolute Gasteiger partial charge is 0.445 e. The van der Waals surface area contributed by atoms with Gasteiger partial charge in [-0.3, -0.25) is 4.90 Å². The fourth-order valence-corrected chi connectivity index (χ4v) is 5.80. The summed E-state index contributed by atoms with van der Waals surface area (Å²) in [6.45, 7) is 4.83. The zero-order valence-electron chi connectivity index (χ0n) is 28.0. The van der Waals surface area contributed by atoms with E-state index in [1.807, 2.05) is 0 Å². The molecule has 50 heavy (non-hydrogen) atoms. The molecule has 1 aliphatic heterocycles. The highest BCUT2D eigenvalue weighted by atomic mass is 19.4. The van der Waals surface area contributed by atoms with E-state index < -0.39 is 71.7 Å². The molecule has 0 aliphatic carbocycles. The number of alkyl carbamates (subject to hydrolysis) is 1. The number of likely N-dealkylation sites (tertiary alicyclic amines) is 1. The lowest BCUT2D eigenvalue weighted by atomic mass is 9.75. The van der Waals surface area contributed by atoms with Crippen molar-refractivity contribution in [2.45, 2.75) is 82.3 Å². The molecule has 8 nitrogen and oxygen atoms in total. The Morgan fingerprint density at radius 2 is 1.44 bits per heavy atom. The van der Waals surface area contributed by atoms with Gasteiger partial charge in [-0.05, 0) is 75.4 Å². The number of piperidine rings is 1. The number of benzene rings is 3. The van der Waals surface area contributed by atoms with E-state index in [1.165, 1.54) is 11.8 Å². The summed E-state index contributed by atoms with van der Waals surface area (Å²) in [4.78, 5) is 28.3. The average Bonchev–Trinajstić information content (AvgIpc) is 3.05. The summed E-state index contributed by atoms with van der Waals surface area (Å²) >= 11 is 0. The Morgan fingerprint density at radius 3 is 1.96 bits per heavy atom. The highest BCUT2D eigenvalue weighted by Gasteiger charge is 2.53. The molecule has 14 heteroatoms. The number of aliphatic hydroxyl groups is 1. The summed E-state index contributed by atoms with van der Waals surface area (Å²) in [5.74, 6) is 0. The third kappa shape index (κ3) is 9.48. The molecule has 3 aromatic rings. The van der Waals surface area contributed by atoms with E-state index in [2.05, 4.69) is 5.32 Å². The Kier molecular flexibility index (Phi) is 11.5. The molecule has 3 atom stereocenters. The van der Waals surface area contributed by atoms with Gasteiger partial charge in [0, 0.05) is 0 Å². The summed E-state index contributed by atoms with van der Waals surface area (Å²) in [6.07, 6.45) is -13.0. The Hall–Kier alpha value is -4.30. The first-order valence-electron chi connectivity index (χ1n) is 15.8. The molecule has 1 fully saturated rings. The van der Waals surface area contributed by atoms with Gasteiger partial charge in [0.2, 0.25) is 0 Å². The summed E-state index contributed by atoms with van der Waals surface area (Å²) in [7, 11) is 0. The molecule has 1 unspecified atom stereocenters. The van der Waals surface area contributed by atoms with Crippen LogP contribution in [0.4, 0.5) is 35.9 Å². The number of alkyl halides is 6. The van der Waals surface area contributed by atoms with Crippen LogP contribution < -0.4 is 5.32 Å². The molecule has 0 radical (unpaired) electrons. The Morgan fingerprint density at radius 1 is 0.880 bits per heavy atom. The van der Waals surface area contributed by atoms with Crippen molar-refractivity contribution in [2.24, 2.45) is 0 Å². The number of rotatable bonds is 9. The van der Waals surface area contributed by atoms with Crippen molar-refractivity contribution in [3.05, 3.63) is 107 Å². The number of ether oxygens (including phenoxy) is 3. The van der Waals surface area contributed by atoms with Gasteiger partial charge in [0.25, 0.3) is 0 Å². The zero-order valence-corrected chi connectivity index (χ0v) is 28.0. The van der Waals surface area contributed by atoms with Crippen LogP contribution >= 0.6 is 0 Å². The second-order valence-electron chi connectivity index (χ2n) is 13.4. The quantitative estimate of drug-likeness (QED) is 0.217. The van der Waals surface area contributed by atoms with Gasteiger partial charge in [0.05, 0.1) is 48.1 Å². The first kappa shape index (κ1) is 38.5. The molecule has 1 aliphatic rings. The smallest absolute Gasteiger partial charge is 0.416 e. The van der Waals surface area contributed by atoms with Gasteiger partial charge in [-0.1, -0.05) is 60.7 Å². The topological polar surface area (TPSA) is 97.3 Å². The van der Waals surface area contributed by atoms with E-state index in [4.69, 9.17) is 14.2 Å². The van der Waals surface area contributed by atoms with Gasteiger partial charge in [0.15, 0.2) is 0 Å². The lowest BCUT2D eigenvalue weighted by molar-refractivity contribution is -0.143. The first-order chi connectivity index (χ1) is 23.3. The number of hydrogen-bond acceptors (Lipinski definition) is 6. The number of halogens is 6. The monoisotopic (exact) mass is 710 g/mol. The molecule has 4 rings (SSSR count). The van der Waals surface area contributed by atoms with Crippen LogP contribution in [-0.4, -0.2) is 53.1 Å². The molecule has 272 valence electrons. The van der Waals surface area contributed by atoms with E-state index in [-0.39, 0.29) is 37.6 Å². The number of aliphatic hydroxyl groups excluding tert-OH is 1. The fraction of sp³-hybridized carbons (Fsp3) is 0.444. The predicted octanol–water partition coefficient (Wildman–Crippen LogP) is 8.39. The minimum atomic E-state index is -5.06. The number of nitrogens with one attached hydrogen (secondary N) is 1. The highest BCUT2D eigenvalue weighted by molar-refractivity contribution is 5.72. The molecular weight excluding hydrogens is 670 g/mol. The number of hydrogen-bond donors (Lipinski definition) is 2. The molecule has 2 amide bonds. The molecular formula is C36H40F6N2O6. The maximum atomic E-state index is 14.1. The van der Waals surface area contributed by atoms with E-state index in [1.54, 1.807) is 81.4 Å². The van der Waals surface area contributed by atoms with Crippen molar-refractivity contribution in [2.75, 3.05) is 19.8 Å². The Bertz CT molecular complexity index is 1580. The van der Waals surface area contributed by atoms with Crippen molar-refractivity contribution in [3.8, 4) is 0 Å². The molecule has 1 saturated heterocycles. The maximum absolute atomic E-state index is 14.1. The van der Waals surface area contributed by atoms with Crippen LogP contribution in [0.5, 0.6) is 0 Å². The Labute approximate surface area is 286 Å². The van der Waals surface area contributed by atoms with Gasteiger partial charge in [-0.25, -0.2) is 9.59 Å². The lowest BCUT2D eigenvalue weighted by Crippen LogP contribution is -2.68. The minimum Gasteiger partial charge on any atom is -0.445 e. The molecule has 0 bridgehead atoms. The number of carbonyl (C=O) groups is 2. The van der Waals surface area contributed by atoms with Crippen molar-refractivity contribution in [1.29, 1.82) is 0 Å². The highest BCUT2D eigenvalue weighted by Crippen LogP contribution is 2.44. The van der Waals surface area contributed by atoms with Crippen LogP contribution in [0.25, 0.3) is 0 Å². The van der Waals surface area contributed by atoms with E-state index >= 15 is 0 Å². The van der Waals surface area contributed by atoms with Gasteiger partial charge in [-0.2, -0.15) is 26.3 Å². The van der Waals surface area contributed by atoms with E-state index in [0.29, 0.717) is 23.3 Å². The first-order valence-corrected chi connectivity index (χ1v) is 15.8. The van der Waals surface area contributed by atoms with Crippen LogP contribution in [0.15, 0.2) is 78.9 Å². The third-order valence-corrected chi connectivity index (χ3v) is 8.45. The summed E-state index contributed by atoms with van der Waals surface area (Å²) in [5, 5.41) is 13.3. The van der Waals surface area contributed by atoms with Crippen LogP contribution in [0.1, 0.15) is 74.5 Å². The van der Waals surface area contributed by atoms with Crippen LogP contribution in [0.2, 0.25) is 0 Å². The average molecular weight is 711 g/mol. The predicted molar refractivity (Wildman–Crippen MR) is 171 cm³/mol. The maximum Gasteiger partial charge on any atom is 0.416 e. The van der Waals surface area contributed by atoms with Gasteiger partial charge < -0.3 is 24.6 Å². The van der Waals surface area contributed by atoms with Crippen molar-refractivity contribution >= 4 is 12.2 Å². The molecule has 2 N–H and O–H groups in total. The summed E-state index contributed by atoms with van der Waals surface area (Å²) < 4.78 is 99.2. The Balaban J connectivity index is 1.75. The van der Waals surface area contributed by atoms with Crippen LogP contribution in [-0.2, 0) is 38.7 Å².